The number of anilines is 1. The maximum Gasteiger partial charge on any atom is 0.257 e. The predicted octanol–water partition coefficient (Wildman–Crippen LogP) is 2.27. The minimum absolute atomic E-state index is 0.0968. The van der Waals surface area contributed by atoms with Crippen molar-refractivity contribution in [1.29, 1.82) is 0 Å². The second-order valence-electron chi connectivity index (χ2n) is 8.18. The van der Waals surface area contributed by atoms with Gasteiger partial charge in [-0.2, -0.15) is 0 Å². The molecule has 1 aromatic carbocycles. The number of methoxy groups -OCH3 is 1. The van der Waals surface area contributed by atoms with Gasteiger partial charge in [0.2, 0.25) is 10.0 Å². The van der Waals surface area contributed by atoms with Crippen LogP contribution in [0.2, 0.25) is 0 Å². The molecule has 0 saturated carbocycles. The fourth-order valence-electron chi connectivity index (χ4n) is 3.72. The first kappa shape index (κ1) is 24.4. The number of carbonyl (C=O) groups excluding carboxylic acids is 1. The van der Waals surface area contributed by atoms with Crippen LogP contribution in [0.5, 0.6) is 5.75 Å². The average Bonchev–Trinajstić information content (AvgIpc) is 2.67. The second kappa shape index (κ2) is 10.5. The van der Waals surface area contributed by atoms with Crippen LogP contribution in [0.4, 0.5) is 5.69 Å². The Bertz CT molecular complexity index is 830. The van der Waals surface area contributed by atoms with Crippen LogP contribution < -0.4 is 9.46 Å². The van der Waals surface area contributed by atoms with E-state index < -0.39 is 10.0 Å². The predicted molar refractivity (Wildman–Crippen MR) is 119 cm³/mol. The molecule has 1 aliphatic heterocycles. The number of benzene rings is 1. The van der Waals surface area contributed by atoms with Crippen molar-refractivity contribution in [2.45, 2.75) is 39.3 Å². The number of carbonyl (C=O) groups is 1. The third-order valence-corrected chi connectivity index (χ3v) is 6.00. The number of hydrogen-bond donors (Lipinski definition) is 1. The SMILES string of the molecule is CCCN1C[C@H](C)[C@H](OC)CN(C)C(=O)c2ccc(NS(C)(=O)=O)cc2OC[C@@H]1C. The van der Waals surface area contributed by atoms with Gasteiger partial charge in [0.05, 0.1) is 23.6 Å². The summed E-state index contributed by atoms with van der Waals surface area (Å²) in [5.41, 5.74) is 0.758. The van der Waals surface area contributed by atoms with Crippen LogP contribution >= 0.6 is 0 Å². The number of nitrogens with zero attached hydrogens (tertiary/aromatic N) is 2. The molecule has 3 atom stereocenters. The van der Waals surface area contributed by atoms with Gasteiger partial charge in [-0.15, -0.1) is 0 Å². The summed E-state index contributed by atoms with van der Waals surface area (Å²) in [6, 6.07) is 4.87. The first-order chi connectivity index (χ1) is 14.1. The maximum absolute atomic E-state index is 13.1. The molecule has 0 spiro atoms. The Morgan fingerprint density at radius 1 is 1.27 bits per heavy atom. The first-order valence-electron chi connectivity index (χ1n) is 10.3. The van der Waals surface area contributed by atoms with Crippen LogP contribution in [-0.2, 0) is 14.8 Å². The summed E-state index contributed by atoms with van der Waals surface area (Å²) in [5, 5.41) is 0. The van der Waals surface area contributed by atoms with E-state index in [-0.39, 0.29) is 24.0 Å². The number of rotatable bonds is 5. The van der Waals surface area contributed by atoms with E-state index in [1.807, 2.05) is 0 Å². The van der Waals surface area contributed by atoms with Crippen LogP contribution in [0.1, 0.15) is 37.6 Å². The van der Waals surface area contributed by atoms with E-state index >= 15 is 0 Å². The van der Waals surface area contributed by atoms with Crippen LogP contribution in [0.15, 0.2) is 18.2 Å². The number of fused-ring (bicyclic) bond motifs is 1. The zero-order valence-corrected chi connectivity index (χ0v) is 19.7. The third kappa shape index (κ3) is 6.58. The summed E-state index contributed by atoms with van der Waals surface area (Å²) in [4.78, 5) is 17.1. The fraction of sp³-hybridized carbons (Fsp3) is 0.667. The number of sulfonamides is 1. The molecule has 30 heavy (non-hydrogen) atoms. The van der Waals surface area contributed by atoms with E-state index in [1.165, 1.54) is 0 Å². The van der Waals surface area contributed by atoms with E-state index in [0.717, 1.165) is 25.8 Å². The van der Waals surface area contributed by atoms with Gasteiger partial charge in [-0.05, 0) is 37.9 Å². The normalized spacial score (nSPS) is 24.4. The van der Waals surface area contributed by atoms with Crippen molar-refractivity contribution in [2.75, 3.05) is 51.4 Å². The van der Waals surface area contributed by atoms with Gasteiger partial charge < -0.3 is 14.4 Å². The van der Waals surface area contributed by atoms with Crippen LogP contribution in [0.3, 0.4) is 0 Å². The summed E-state index contributed by atoms with van der Waals surface area (Å²) in [7, 11) is -0.0159. The highest BCUT2D eigenvalue weighted by Gasteiger charge is 2.28. The summed E-state index contributed by atoms with van der Waals surface area (Å²) >= 11 is 0. The van der Waals surface area contributed by atoms with Crippen molar-refractivity contribution in [1.82, 2.24) is 9.80 Å². The molecule has 0 aliphatic carbocycles. The number of likely N-dealkylation sites (N-methyl/N-ethyl adjacent to an activating group) is 1. The molecule has 170 valence electrons. The molecule has 9 heteroatoms. The molecule has 0 unspecified atom stereocenters. The number of hydrogen-bond acceptors (Lipinski definition) is 6. The molecule has 1 N–H and O–H groups in total. The highest BCUT2D eigenvalue weighted by atomic mass is 32.2. The van der Waals surface area contributed by atoms with Crippen molar-refractivity contribution < 1.29 is 22.7 Å². The molecule has 1 aliphatic rings. The summed E-state index contributed by atoms with van der Waals surface area (Å²) < 4.78 is 37.4. The Hall–Kier alpha value is -1.84. The van der Waals surface area contributed by atoms with Crippen molar-refractivity contribution >= 4 is 21.6 Å². The molecule has 0 aromatic heterocycles. The van der Waals surface area contributed by atoms with Crippen molar-refractivity contribution in [3.05, 3.63) is 23.8 Å². The zero-order valence-electron chi connectivity index (χ0n) is 18.8. The Labute approximate surface area is 180 Å². The summed E-state index contributed by atoms with van der Waals surface area (Å²) in [5.74, 6) is 0.412. The van der Waals surface area contributed by atoms with Gasteiger partial charge in [0, 0.05) is 39.4 Å². The van der Waals surface area contributed by atoms with Crippen molar-refractivity contribution in [3.63, 3.8) is 0 Å². The monoisotopic (exact) mass is 441 g/mol. The Balaban J connectivity index is 2.44. The van der Waals surface area contributed by atoms with E-state index in [1.54, 1.807) is 37.3 Å². The van der Waals surface area contributed by atoms with Gasteiger partial charge in [0.25, 0.3) is 5.91 Å². The van der Waals surface area contributed by atoms with Crippen molar-refractivity contribution in [3.8, 4) is 5.75 Å². The topological polar surface area (TPSA) is 88.2 Å². The second-order valence-corrected chi connectivity index (χ2v) is 9.93. The summed E-state index contributed by atoms with van der Waals surface area (Å²) in [6.07, 6.45) is 2.01. The van der Waals surface area contributed by atoms with E-state index in [0.29, 0.717) is 30.2 Å². The highest BCUT2D eigenvalue weighted by molar-refractivity contribution is 7.92. The van der Waals surface area contributed by atoms with Crippen molar-refractivity contribution in [2.24, 2.45) is 5.92 Å². The largest absolute Gasteiger partial charge is 0.491 e. The zero-order chi connectivity index (χ0) is 22.5. The first-order valence-corrected chi connectivity index (χ1v) is 12.2. The van der Waals surface area contributed by atoms with E-state index in [9.17, 15) is 13.2 Å². The standard InChI is InChI=1S/C21H35N3O5S/c1-7-10-24-12-15(2)20(28-5)13-23(4)21(25)18-9-8-17(22-30(6,26)27)11-19(18)29-14-16(24)3/h8-9,11,15-16,20,22H,7,10,12-14H2,1-6H3/t15-,16-,20+/m0/s1. The lowest BCUT2D eigenvalue weighted by atomic mass is 10.0. The molecule has 0 fully saturated rings. The lowest BCUT2D eigenvalue weighted by Gasteiger charge is -2.35. The molecule has 0 bridgehead atoms. The van der Waals surface area contributed by atoms with Gasteiger partial charge in [0.1, 0.15) is 12.4 Å². The minimum Gasteiger partial charge on any atom is -0.491 e. The quantitative estimate of drug-likeness (QED) is 0.754. The molecule has 1 heterocycles. The van der Waals surface area contributed by atoms with Gasteiger partial charge >= 0.3 is 0 Å². The summed E-state index contributed by atoms with van der Waals surface area (Å²) in [6.45, 7) is 9.00. The maximum atomic E-state index is 13.1. The van der Waals surface area contributed by atoms with E-state index in [2.05, 4.69) is 30.4 Å². The van der Waals surface area contributed by atoms with Crippen LogP contribution in [-0.4, -0.2) is 82.9 Å². The van der Waals surface area contributed by atoms with Gasteiger partial charge in [0.15, 0.2) is 0 Å². The fourth-order valence-corrected chi connectivity index (χ4v) is 4.28. The molecule has 8 nitrogen and oxygen atoms in total. The van der Waals surface area contributed by atoms with Gasteiger partial charge in [-0.3, -0.25) is 14.4 Å². The molecule has 2 rings (SSSR count). The lowest BCUT2D eigenvalue weighted by Crippen LogP contribution is -2.46. The highest BCUT2D eigenvalue weighted by Crippen LogP contribution is 2.27. The molecular formula is C21H35N3O5S. The van der Waals surface area contributed by atoms with Crippen LogP contribution in [0, 0.1) is 5.92 Å². The smallest absolute Gasteiger partial charge is 0.257 e. The third-order valence-electron chi connectivity index (χ3n) is 5.39. The minimum atomic E-state index is -3.44. The molecular weight excluding hydrogens is 406 g/mol. The Morgan fingerprint density at radius 3 is 2.57 bits per heavy atom. The van der Waals surface area contributed by atoms with Gasteiger partial charge in [-0.1, -0.05) is 13.8 Å². The van der Waals surface area contributed by atoms with Gasteiger partial charge in [-0.25, -0.2) is 8.42 Å². The van der Waals surface area contributed by atoms with Crippen LogP contribution in [0.25, 0.3) is 0 Å². The Kier molecular flexibility index (Phi) is 8.52. The molecule has 0 radical (unpaired) electrons. The number of nitrogens with one attached hydrogen (secondary N) is 1. The molecule has 1 amide bonds. The Morgan fingerprint density at radius 2 is 1.97 bits per heavy atom. The number of amides is 1. The molecule has 0 saturated heterocycles. The average molecular weight is 442 g/mol. The lowest BCUT2D eigenvalue weighted by molar-refractivity contribution is 0.0108. The molecule has 1 aromatic rings. The number of ether oxygens (including phenoxy) is 2. The van der Waals surface area contributed by atoms with E-state index in [4.69, 9.17) is 9.47 Å².